The Morgan fingerprint density at radius 2 is 0.702 bits per heavy atom. The maximum atomic E-state index is 5.19. The number of rotatable bonds is 5. The molecule has 1 aromatic heterocycles. The predicted octanol–water partition coefficient (Wildman–Crippen LogP) is 14.0. The number of nitrogens with zero attached hydrogens (tertiary/aromatic N) is 3. The van der Waals surface area contributed by atoms with E-state index in [-0.39, 0.29) is 5.41 Å². The van der Waals surface area contributed by atoms with Crippen LogP contribution >= 0.6 is 0 Å². The SMILES string of the molecule is CC1(C)c2ccccc2-c2ccc(-c3cccc(-c4cccc(-c5nc(-c6ccccc6)nc(-c6ccc7c8ccccc8c8ccccc8c7c6)n5)c4)c3)cc21. The molecule has 3 nitrogen and oxygen atoms in total. The summed E-state index contributed by atoms with van der Waals surface area (Å²) < 4.78 is 0. The highest BCUT2D eigenvalue weighted by Gasteiger charge is 2.35. The van der Waals surface area contributed by atoms with Crippen LogP contribution in [0, 0.1) is 0 Å². The molecule has 0 spiro atoms. The number of fused-ring (bicyclic) bond motifs is 9. The lowest BCUT2D eigenvalue weighted by Crippen LogP contribution is -2.14. The standard InChI is InChI=1S/C54H37N3/c1-54(2)49-25-11-10-24-46(49)47-29-26-38(33-50(47)54)36-17-12-16-35(30-36)37-18-13-19-39(31-37)52-55-51(34-14-4-3-5-15-34)56-53(57-52)40-27-28-45-43-22-7-6-20-41(43)42-21-8-9-23-44(42)48(45)32-40/h3-33H,1-2H3. The van der Waals surface area contributed by atoms with E-state index in [4.69, 9.17) is 15.0 Å². The van der Waals surface area contributed by atoms with E-state index in [0.29, 0.717) is 17.5 Å². The van der Waals surface area contributed by atoms with Gasteiger partial charge in [0.1, 0.15) is 0 Å². The minimum atomic E-state index is -0.0507. The maximum Gasteiger partial charge on any atom is 0.164 e. The highest BCUT2D eigenvalue weighted by Crippen LogP contribution is 2.49. The van der Waals surface area contributed by atoms with Crippen LogP contribution in [0.3, 0.4) is 0 Å². The molecular formula is C54H37N3. The first kappa shape index (κ1) is 33.1. The van der Waals surface area contributed by atoms with Crippen LogP contribution in [0.1, 0.15) is 25.0 Å². The molecule has 11 rings (SSSR count). The van der Waals surface area contributed by atoms with Gasteiger partial charge in [0.25, 0.3) is 0 Å². The van der Waals surface area contributed by atoms with Gasteiger partial charge in [-0.3, -0.25) is 0 Å². The van der Waals surface area contributed by atoms with Gasteiger partial charge in [-0.05, 0) is 101 Å². The lowest BCUT2D eigenvalue weighted by Gasteiger charge is -2.22. The van der Waals surface area contributed by atoms with Gasteiger partial charge in [0, 0.05) is 22.1 Å². The number of hydrogen-bond acceptors (Lipinski definition) is 3. The normalized spacial score (nSPS) is 12.9. The number of hydrogen-bond donors (Lipinski definition) is 0. The first-order chi connectivity index (χ1) is 28.0. The van der Waals surface area contributed by atoms with Crippen molar-refractivity contribution >= 4 is 32.3 Å². The summed E-state index contributed by atoms with van der Waals surface area (Å²) in [7, 11) is 0. The molecule has 57 heavy (non-hydrogen) atoms. The fraction of sp³-hybridized carbons (Fsp3) is 0.0556. The van der Waals surface area contributed by atoms with E-state index in [2.05, 4.69) is 184 Å². The maximum absolute atomic E-state index is 5.19. The summed E-state index contributed by atoms with van der Waals surface area (Å²) in [5.41, 5.74) is 12.9. The van der Waals surface area contributed by atoms with Crippen molar-refractivity contribution in [1.29, 1.82) is 0 Å². The second-order valence-electron chi connectivity index (χ2n) is 15.6. The number of benzene rings is 9. The highest BCUT2D eigenvalue weighted by molar-refractivity contribution is 6.25. The Morgan fingerprint density at radius 3 is 1.35 bits per heavy atom. The van der Waals surface area contributed by atoms with Crippen LogP contribution in [0.4, 0.5) is 0 Å². The molecule has 10 aromatic rings. The molecule has 3 heteroatoms. The van der Waals surface area contributed by atoms with Gasteiger partial charge < -0.3 is 0 Å². The monoisotopic (exact) mass is 727 g/mol. The minimum Gasteiger partial charge on any atom is -0.208 e. The zero-order chi connectivity index (χ0) is 38.1. The molecule has 0 saturated carbocycles. The van der Waals surface area contributed by atoms with E-state index >= 15 is 0 Å². The lowest BCUT2D eigenvalue weighted by molar-refractivity contribution is 0.660. The smallest absolute Gasteiger partial charge is 0.164 e. The molecule has 1 heterocycles. The summed E-state index contributed by atoms with van der Waals surface area (Å²) >= 11 is 0. The molecule has 1 aliphatic rings. The first-order valence-corrected chi connectivity index (χ1v) is 19.6. The Morgan fingerprint density at radius 1 is 0.281 bits per heavy atom. The molecule has 0 aliphatic heterocycles. The Bertz CT molecular complexity index is 3180. The van der Waals surface area contributed by atoms with Crippen molar-refractivity contribution in [1.82, 2.24) is 15.0 Å². The quantitative estimate of drug-likeness (QED) is 0.166. The fourth-order valence-corrected chi connectivity index (χ4v) is 9.00. The molecular weight excluding hydrogens is 691 g/mol. The highest BCUT2D eigenvalue weighted by atomic mass is 15.0. The molecule has 0 saturated heterocycles. The topological polar surface area (TPSA) is 38.7 Å². The van der Waals surface area contributed by atoms with Crippen molar-refractivity contribution in [3.63, 3.8) is 0 Å². The minimum absolute atomic E-state index is 0.0507. The third-order valence-electron chi connectivity index (χ3n) is 11.9. The molecule has 268 valence electrons. The van der Waals surface area contributed by atoms with Gasteiger partial charge in [-0.1, -0.05) is 178 Å². The average Bonchev–Trinajstić information content (AvgIpc) is 3.51. The summed E-state index contributed by atoms with van der Waals surface area (Å²) in [5.74, 6) is 1.93. The van der Waals surface area contributed by atoms with Gasteiger partial charge in [0.2, 0.25) is 0 Å². The molecule has 1 aliphatic carbocycles. The third kappa shape index (κ3) is 5.46. The zero-order valence-electron chi connectivity index (χ0n) is 31.7. The van der Waals surface area contributed by atoms with Gasteiger partial charge in [-0.15, -0.1) is 0 Å². The van der Waals surface area contributed by atoms with Crippen LogP contribution in [0.2, 0.25) is 0 Å². The van der Waals surface area contributed by atoms with Crippen LogP contribution in [0.25, 0.3) is 99.9 Å². The summed E-state index contributed by atoms with van der Waals surface area (Å²) in [5, 5.41) is 7.36. The fourth-order valence-electron chi connectivity index (χ4n) is 9.00. The molecule has 0 bridgehead atoms. The second-order valence-corrected chi connectivity index (χ2v) is 15.6. The lowest BCUT2D eigenvalue weighted by atomic mass is 9.81. The Labute approximate surface area is 332 Å². The van der Waals surface area contributed by atoms with E-state index in [1.807, 2.05) is 18.2 Å². The van der Waals surface area contributed by atoms with Gasteiger partial charge in [-0.25, -0.2) is 15.0 Å². The molecule has 0 atom stereocenters. The summed E-state index contributed by atoms with van der Waals surface area (Å²) in [6, 6.07) is 67.3. The summed E-state index contributed by atoms with van der Waals surface area (Å²) in [6.07, 6.45) is 0. The largest absolute Gasteiger partial charge is 0.208 e. The van der Waals surface area contributed by atoms with Crippen molar-refractivity contribution < 1.29 is 0 Å². The summed E-state index contributed by atoms with van der Waals surface area (Å²) in [4.78, 5) is 15.4. The van der Waals surface area contributed by atoms with E-state index in [1.54, 1.807) is 0 Å². The van der Waals surface area contributed by atoms with Crippen LogP contribution in [0.5, 0.6) is 0 Å². The van der Waals surface area contributed by atoms with Crippen LogP contribution < -0.4 is 0 Å². The van der Waals surface area contributed by atoms with Gasteiger partial charge in [-0.2, -0.15) is 0 Å². The molecule has 0 radical (unpaired) electrons. The van der Waals surface area contributed by atoms with Gasteiger partial charge in [0.15, 0.2) is 17.5 Å². The van der Waals surface area contributed by atoms with Crippen LogP contribution in [-0.2, 0) is 5.41 Å². The van der Waals surface area contributed by atoms with Crippen molar-refractivity contribution in [2.24, 2.45) is 0 Å². The average molecular weight is 728 g/mol. The van der Waals surface area contributed by atoms with E-state index in [1.165, 1.54) is 65.7 Å². The third-order valence-corrected chi connectivity index (χ3v) is 11.9. The van der Waals surface area contributed by atoms with E-state index in [9.17, 15) is 0 Å². The first-order valence-electron chi connectivity index (χ1n) is 19.6. The van der Waals surface area contributed by atoms with Crippen molar-refractivity contribution in [2.75, 3.05) is 0 Å². The summed E-state index contributed by atoms with van der Waals surface area (Å²) in [6.45, 7) is 4.67. The molecule has 0 fully saturated rings. The predicted molar refractivity (Wildman–Crippen MR) is 237 cm³/mol. The van der Waals surface area contributed by atoms with Crippen molar-refractivity contribution in [3.8, 4) is 67.5 Å². The molecule has 0 N–H and O–H groups in total. The molecule has 9 aromatic carbocycles. The van der Waals surface area contributed by atoms with E-state index < -0.39 is 0 Å². The zero-order valence-corrected chi connectivity index (χ0v) is 31.7. The molecule has 0 amide bonds. The Kier molecular flexibility index (Phi) is 7.52. The van der Waals surface area contributed by atoms with Crippen molar-refractivity contribution in [2.45, 2.75) is 19.3 Å². The molecule has 0 unspecified atom stereocenters. The van der Waals surface area contributed by atoms with Gasteiger partial charge >= 0.3 is 0 Å². The second kappa shape index (κ2) is 12.9. The van der Waals surface area contributed by atoms with Crippen molar-refractivity contribution in [3.05, 3.63) is 199 Å². The number of aromatic nitrogens is 3. The van der Waals surface area contributed by atoms with Gasteiger partial charge in [0.05, 0.1) is 0 Å². The van der Waals surface area contributed by atoms with Crippen LogP contribution in [-0.4, -0.2) is 15.0 Å². The Balaban J connectivity index is 1.01. The Hall–Kier alpha value is -7.23. The van der Waals surface area contributed by atoms with E-state index in [0.717, 1.165) is 27.8 Å². The van der Waals surface area contributed by atoms with Crippen LogP contribution in [0.15, 0.2) is 188 Å².